The number of aromatic nitrogens is 4. The molecule has 0 unspecified atom stereocenters. The Labute approximate surface area is 125 Å². The monoisotopic (exact) mass is 299 g/mol. The van der Waals surface area contributed by atoms with Crippen molar-refractivity contribution in [2.45, 2.75) is 17.7 Å². The fraction of sp³-hybridized carbons (Fsp3) is 0.143. The van der Waals surface area contributed by atoms with E-state index in [0.717, 1.165) is 11.1 Å². The number of hydrogen-bond donors (Lipinski definition) is 1. The van der Waals surface area contributed by atoms with E-state index < -0.39 is 0 Å². The Balaban J connectivity index is 1.72. The van der Waals surface area contributed by atoms with Crippen molar-refractivity contribution in [3.05, 3.63) is 48.1 Å². The summed E-state index contributed by atoms with van der Waals surface area (Å²) in [5.41, 5.74) is 7.80. The molecule has 2 aromatic heterocycles. The van der Waals surface area contributed by atoms with Crippen LogP contribution in [0.1, 0.15) is 11.5 Å². The Kier molecular flexibility index (Phi) is 3.83. The second-order valence-corrected chi connectivity index (χ2v) is 5.37. The average molecular weight is 299 g/mol. The predicted molar refractivity (Wildman–Crippen MR) is 80.5 cm³/mol. The van der Waals surface area contributed by atoms with Crippen LogP contribution in [-0.4, -0.2) is 20.2 Å². The van der Waals surface area contributed by atoms with Gasteiger partial charge in [-0.2, -0.15) is 0 Å². The van der Waals surface area contributed by atoms with Crippen molar-refractivity contribution in [3.8, 4) is 11.5 Å². The van der Waals surface area contributed by atoms with Gasteiger partial charge in [0.2, 0.25) is 11.8 Å². The molecule has 0 aliphatic heterocycles. The maximum absolute atomic E-state index is 5.74. The summed E-state index contributed by atoms with van der Waals surface area (Å²) in [6, 6.07) is 7.93. The predicted octanol–water partition coefficient (Wildman–Crippen LogP) is 2.71. The van der Waals surface area contributed by atoms with Gasteiger partial charge in [-0.25, -0.2) is 9.97 Å². The number of hydrogen-bond acceptors (Lipinski definition) is 7. The summed E-state index contributed by atoms with van der Waals surface area (Å²) >= 11 is 1.42. The molecule has 106 valence electrons. The number of benzene rings is 1. The molecule has 0 radical (unpaired) electrons. The highest BCUT2D eigenvalue weighted by Gasteiger charge is 2.10. The van der Waals surface area contributed by atoms with E-state index in [1.165, 1.54) is 11.8 Å². The number of nitrogens with two attached hydrogens (primary N) is 1. The normalized spacial score (nSPS) is 10.7. The molecule has 0 amide bonds. The van der Waals surface area contributed by atoms with E-state index >= 15 is 0 Å². The Morgan fingerprint density at radius 1 is 1.19 bits per heavy atom. The first-order chi connectivity index (χ1) is 10.2. The van der Waals surface area contributed by atoms with Crippen LogP contribution in [0.2, 0.25) is 0 Å². The molecule has 0 aliphatic carbocycles. The number of nitrogen functional groups attached to an aromatic ring is 1. The van der Waals surface area contributed by atoms with Crippen molar-refractivity contribution in [2.75, 3.05) is 5.73 Å². The lowest BCUT2D eigenvalue weighted by atomic mass is 10.1. The number of anilines is 1. The van der Waals surface area contributed by atoms with E-state index in [2.05, 4.69) is 20.2 Å². The van der Waals surface area contributed by atoms with Crippen LogP contribution in [0.15, 0.2) is 46.1 Å². The molecule has 0 fully saturated rings. The van der Waals surface area contributed by atoms with Crippen molar-refractivity contribution in [3.63, 3.8) is 0 Å². The van der Waals surface area contributed by atoms with Gasteiger partial charge >= 0.3 is 0 Å². The summed E-state index contributed by atoms with van der Waals surface area (Å²) in [5, 5.41) is 8.77. The van der Waals surface area contributed by atoms with Gasteiger partial charge in [-0.05, 0) is 19.1 Å². The molecule has 0 bridgehead atoms. The Bertz CT molecular complexity index is 758. The largest absolute Gasteiger partial charge is 0.420 e. The minimum absolute atomic E-state index is 0.404. The first-order valence-electron chi connectivity index (χ1n) is 6.31. The van der Waals surface area contributed by atoms with E-state index in [1.807, 2.05) is 31.2 Å². The molecule has 21 heavy (non-hydrogen) atoms. The zero-order valence-electron chi connectivity index (χ0n) is 11.4. The van der Waals surface area contributed by atoms with Gasteiger partial charge in [-0.15, -0.1) is 10.2 Å². The highest BCUT2D eigenvalue weighted by Crippen LogP contribution is 2.25. The zero-order valence-corrected chi connectivity index (χ0v) is 12.2. The van der Waals surface area contributed by atoms with Crippen LogP contribution in [-0.2, 0) is 5.75 Å². The molecule has 3 rings (SSSR count). The van der Waals surface area contributed by atoms with Crippen molar-refractivity contribution >= 4 is 17.6 Å². The van der Waals surface area contributed by atoms with Gasteiger partial charge in [-0.1, -0.05) is 29.5 Å². The van der Waals surface area contributed by atoms with E-state index in [0.29, 0.717) is 28.4 Å². The van der Waals surface area contributed by atoms with Gasteiger partial charge in [0.15, 0.2) is 5.82 Å². The van der Waals surface area contributed by atoms with Crippen molar-refractivity contribution in [1.82, 2.24) is 20.2 Å². The molecule has 0 saturated carbocycles. The zero-order chi connectivity index (χ0) is 14.7. The lowest BCUT2D eigenvalue weighted by molar-refractivity contribution is 0.528. The minimum atomic E-state index is 0.404. The molecular weight excluding hydrogens is 286 g/mol. The van der Waals surface area contributed by atoms with Crippen molar-refractivity contribution in [1.29, 1.82) is 0 Å². The van der Waals surface area contributed by atoms with Crippen molar-refractivity contribution < 1.29 is 4.42 Å². The Morgan fingerprint density at radius 3 is 2.86 bits per heavy atom. The topological polar surface area (TPSA) is 90.7 Å². The minimum Gasteiger partial charge on any atom is -0.420 e. The van der Waals surface area contributed by atoms with Gasteiger partial charge in [0, 0.05) is 18.0 Å². The van der Waals surface area contributed by atoms with Crippen LogP contribution in [0.5, 0.6) is 0 Å². The van der Waals surface area contributed by atoms with E-state index in [9.17, 15) is 0 Å². The maximum Gasteiger partial charge on any atom is 0.247 e. The fourth-order valence-corrected chi connectivity index (χ4v) is 2.50. The summed E-state index contributed by atoms with van der Waals surface area (Å²) in [6.45, 7) is 2.02. The molecule has 1 aromatic carbocycles. The average Bonchev–Trinajstić information content (AvgIpc) is 2.95. The molecule has 7 heteroatoms. The molecule has 3 aromatic rings. The van der Waals surface area contributed by atoms with Gasteiger partial charge in [-0.3, -0.25) is 0 Å². The summed E-state index contributed by atoms with van der Waals surface area (Å²) in [6.07, 6.45) is 3.16. The lowest BCUT2D eigenvalue weighted by Crippen LogP contribution is -1.94. The maximum atomic E-state index is 5.74. The highest BCUT2D eigenvalue weighted by molar-refractivity contribution is 7.98. The highest BCUT2D eigenvalue weighted by atomic mass is 32.2. The molecular formula is C14H13N5OS. The van der Waals surface area contributed by atoms with Crippen LogP contribution < -0.4 is 5.73 Å². The molecule has 0 aliphatic rings. The molecule has 0 atom stereocenters. The molecule has 0 saturated heterocycles. The summed E-state index contributed by atoms with van der Waals surface area (Å²) in [4.78, 5) is 8.14. The summed E-state index contributed by atoms with van der Waals surface area (Å²) in [7, 11) is 0. The van der Waals surface area contributed by atoms with Crippen LogP contribution in [0, 0.1) is 6.92 Å². The van der Waals surface area contributed by atoms with Crippen LogP contribution >= 0.6 is 11.8 Å². The van der Waals surface area contributed by atoms with Gasteiger partial charge < -0.3 is 10.2 Å². The Hall–Kier alpha value is -2.41. The molecule has 6 nitrogen and oxygen atoms in total. The smallest absolute Gasteiger partial charge is 0.247 e. The Morgan fingerprint density at radius 2 is 2.05 bits per heavy atom. The van der Waals surface area contributed by atoms with Crippen molar-refractivity contribution in [2.24, 2.45) is 0 Å². The van der Waals surface area contributed by atoms with E-state index in [4.69, 9.17) is 10.2 Å². The lowest BCUT2D eigenvalue weighted by Gasteiger charge is -1.99. The quantitative estimate of drug-likeness (QED) is 0.740. The fourth-order valence-electron chi connectivity index (χ4n) is 1.78. The third kappa shape index (κ3) is 3.19. The van der Waals surface area contributed by atoms with E-state index in [-0.39, 0.29) is 0 Å². The number of rotatable bonds is 4. The number of nitrogens with zero attached hydrogens (tertiary/aromatic N) is 4. The first-order valence-corrected chi connectivity index (χ1v) is 7.29. The van der Waals surface area contributed by atoms with Crippen LogP contribution in [0.4, 0.5) is 5.82 Å². The second kappa shape index (κ2) is 5.92. The molecule has 2 N–H and O–H groups in total. The molecule has 2 heterocycles. The van der Waals surface area contributed by atoms with Gasteiger partial charge in [0.1, 0.15) is 5.03 Å². The summed E-state index contributed by atoms with van der Waals surface area (Å²) < 4.78 is 5.65. The number of aryl methyl sites for hydroxylation is 1. The third-order valence-electron chi connectivity index (χ3n) is 2.76. The second-order valence-electron chi connectivity index (χ2n) is 4.41. The standard InChI is InChI=1S/C14H13N5OS/c1-9-3-2-4-10(7-9)13-19-18-11(20-13)8-21-14-12(15)16-5-6-17-14/h2-7H,8H2,1H3,(H2,15,16). The van der Waals surface area contributed by atoms with Crippen LogP contribution in [0.25, 0.3) is 11.5 Å². The van der Waals surface area contributed by atoms with Gasteiger partial charge in [0.25, 0.3) is 0 Å². The number of thioether (sulfide) groups is 1. The molecule has 0 spiro atoms. The van der Waals surface area contributed by atoms with Gasteiger partial charge in [0.05, 0.1) is 5.75 Å². The SMILES string of the molecule is Cc1cccc(-c2nnc(CSc3nccnc3N)o2)c1. The van der Waals surface area contributed by atoms with E-state index in [1.54, 1.807) is 12.4 Å². The summed E-state index contributed by atoms with van der Waals surface area (Å²) in [5.74, 6) is 1.95. The first kappa shape index (κ1) is 13.6. The third-order valence-corrected chi connectivity index (χ3v) is 3.73. The van der Waals surface area contributed by atoms with Crippen LogP contribution in [0.3, 0.4) is 0 Å².